The summed E-state index contributed by atoms with van der Waals surface area (Å²) >= 11 is 0. The maximum atomic E-state index is 12.3. The third-order valence-electron chi connectivity index (χ3n) is 3.53. The number of nitrogens with one attached hydrogen (secondary N) is 1. The van der Waals surface area contributed by atoms with Crippen molar-refractivity contribution in [1.29, 1.82) is 0 Å². The SMILES string of the molecule is CC1(C)CNC(CCC(=O)O)C(=O)N1C1CC1. The van der Waals surface area contributed by atoms with E-state index in [1.807, 2.05) is 4.90 Å². The van der Waals surface area contributed by atoms with Crippen molar-refractivity contribution in [3.8, 4) is 0 Å². The minimum atomic E-state index is -0.845. The van der Waals surface area contributed by atoms with Gasteiger partial charge < -0.3 is 15.3 Å². The average Bonchev–Trinajstić information content (AvgIpc) is 2.99. The molecular weight excluding hydrogens is 220 g/mol. The number of rotatable bonds is 4. The Kier molecular flexibility index (Phi) is 3.12. The molecule has 2 rings (SSSR count). The van der Waals surface area contributed by atoms with Gasteiger partial charge in [-0.3, -0.25) is 9.59 Å². The lowest BCUT2D eigenvalue weighted by molar-refractivity contribution is -0.144. The summed E-state index contributed by atoms with van der Waals surface area (Å²) in [5.41, 5.74) is -0.155. The van der Waals surface area contributed by atoms with E-state index in [-0.39, 0.29) is 23.9 Å². The van der Waals surface area contributed by atoms with E-state index in [2.05, 4.69) is 19.2 Å². The van der Waals surface area contributed by atoms with Gasteiger partial charge in [-0.25, -0.2) is 0 Å². The van der Waals surface area contributed by atoms with Gasteiger partial charge in [0.2, 0.25) is 5.91 Å². The molecule has 1 heterocycles. The Morgan fingerprint density at radius 3 is 2.71 bits per heavy atom. The van der Waals surface area contributed by atoms with E-state index < -0.39 is 5.97 Å². The van der Waals surface area contributed by atoms with E-state index in [1.54, 1.807) is 0 Å². The molecule has 0 aromatic carbocycles. The molecule has 0 spiro atoms. The predicted octanol–water partition coefficient (Wildman–Crippen LogP) is 0.593. The summed E-state index contributed by atoms with van der Waals surface area (Å²) in [5.74, 6) is -0.771. The lowest BCUT2D eigenvalue weighted by atomic mass is 9.95. The summed E-state index contributed by atoms with van der Waals surface area (Å²) < 4.78 is 0. The van der Waals surface area contributed by atoms with Gasteiger partial charge in [0.15, 0.2) is 0 Å². The molecule has 1 unspecified atom stereocenters. The minimum absolute atomic E-state index is 0.0440. The molecule has 1 saturated heterocycles. The summed E-state index contributed by atoms with van der Waals surface area (Å²) in [7, 11) is 0. The number of carboxylic acid groups (broad SMARTS) is 1. The van der Waals surface area contributed by atoms with E-state index in [9.17, 15) is 9.59 Å². The molecule has 1 amide bonds. The highest BCUT2D eigenvalue weighted by atomic mass is 16.4. The summed E-state index contributed by atoms with van der Waals surface area (Å²) in [6.07, 6.45) is 2.59. The van der Waals surface area contributed by atoms with E-state index in [0.717, 1.165) is 19.4 Å². The smallest absolute Gasteiger partial charge is 0.303 e. The number of amides is 1. The zero-order chi connectivity index (χ0) is 12.6. The molecule has 0 aromatic heterocycles. The molecule has 2 fully saturated rings. The van der Waals surface area contributed by atoms with Crippen LogP contribution in [0.25, 0.3) is 0 Å². The second kappa shape index (κ2) is 4.29. The molecule has 1 aliphatic heterocycles. The summed E-state index contributed by atoms with van der Waals surface area (Å²) in [5, 5.41) is 11.8. The molecule has 1 aliphatic carbocycles. The monoisotopic (exact) mass is 240 g/mol. The predicted molar refractivity (Wildman–Crippen MR) is 62.6 cm³/mol. The maximum Gasteiger partial charge on any atom is 0.303 e. The molecule has 2 N–H and O–H groups in total. The molecule has 2 aliphatic rings. The van der Waals surface area contributed by atoms with Crippen molar-refractivity contribution in [1.82, 2.24) is 10.2 Å². The van der Waals surface area contributed by atoms with E-state index in [1.165, 1.54) is 0 Å². The highest BCUT2D eigenvalue weighted by Gasteiger charge is 2.46. The van der Waals surface area contributed by atoms with Gasteiger partial charge in [0, 0.05) is 19.0 Å². The Bertz CT molecular complexity index is 337. The van der Waals surface area contributed by atoms with Crippen LogP contribution >= 0.6 is 0 Å². The van der Waals surface area contributed by atoms with Gasteiger partial charge in [-0.1, -0.05) is 0 Å². The van der Waals surface area contributed by atoms with E-state index >= 15 is 0 Å². The topological polar surface area (TPSA) is 69.6 Å². The number of carboxylic acids is 1. The van der Waals surface area contributed by atoms with Gasteiger partial charge in [-0.2, -0.15) is 0 Å². The lowest BCUT2D eigenvalue weighted by Crippen LogP contribution is -2.65. The van der Waals surface area contributed by atoms with Crippen LogP contribution in [0.4, 0.5) is 0 Å². The van der Waals surface area contributed by atoms with Crippen LogP contribution in [0.2, 0.25) is 0 Å². The van der Waals surface area contributed by atoms with Crippen molar-refractivity contribution in [2.24, 2.45) is 0 Å². The van der Waals surface area contributed by atoms with Crippen molar-refractivity contribution >= 4 is 11.9 Å². The van der Waals surface area contributed by atoms with Crippen LogP contribution in [0.1, 0.15) is 39.5 Å². The summed E-state index contributed by atoms with van der Waals surface area (Å²) in [6, 6.07) is 0.0617. The number of aliphatic carboxylic acids is 1. The normalized spacial score (nSPS) is 28.2. The fourth-order valence-electron chi connectivity index (χ4n) is 2.51. The molecule has 17 heavy (non-hydrogen) atoms. The highest BCUT2D eigenvalue weighted by molar-refractivity contribution is 5.84. The van der Waals surface area contributed by atoms with Crippen molar-refractivity contribution in [2.45, 2.75) is 57.2 Å². The number of nitrogens with zero attached hydrogens (tertiary/aromatic N) is 1. The van der Waals surface area contributed by atoms with Gasteiger partial charge in [0.25, 0.3) is 0 Å². The maximum absolute atomic E-state index is 12.3. The third kappa shape index (κ3) is 2.60. The number of piperazine rings is 1. The fraction of sp³-hybridized carbons (Fsp3) is 0.833. The molecule has 1 saturated carbocycles. The molecule has 0 aromatic rings. The average molecular weight is 240 g/mol. The minimum Gasteiger partial charge on any atom is -0.481 e. The molecule has 5 heteroatoms. The zero-order valence-electron chi connectivity index (χ0n) is 10.4. The van der Waals surface area contributed by atoms with Crippen molar-refractivity contribution in [3.63, 3.8) is 0 Å². The standard InChI is InChI=1S/C12H20N2O3/c1-12(2)7-13-9(5-6-10(15)16)11(17)14(12)8-3-4-8/h8-9,13H,3-7H2,1-2H3,(H,15,16). The van der Waals surface area contributed by atoms with Gasteiger partial charge in [-0.15, -0.1) is 0 Å². The fourth-order valence-corrected chi connectivity index (χ4v) is 2.51. The quantitative estimate of drug-likeness (QED) is 0.754. The van der Waals surface area contributed by atoms with E-state index in [0.29, 0.717) is 12.5 Å². The van der Waals surface area contributed by atoms with Gasteiger partial charge in [0.05, 0.1) is 11.6 Å². The van der Waals surface area contributed by atoms with Crippen LogP contribution in [-0.2, 0) is 9.59 Å². The van der Waals surface area contributed by atoms with Gasteiger partial charge in [0.1, 0.15) is 0 Å². The second-order valence-corrected chi connectivity index (χ2v) is 5.62. The van der Waals surface area contributed by atoms with Gasteiger partial charge in [-0.05, 0) is 33.1 Å². The molecule has 0 bridgehead atoms. The number of carbonyl (C=O) groups excluding carboxylic acids is 1. The third-order valence-corrected chi connectivity index (χ3v) is 3.53. The molecule has 5 nitrogen and oxygen atoms in total. The van der Waals surface area contributed by atoms with Crippen LogP contribution in [0.3, 0.4) is 0 Å². The van der Waals surface area contributed by atoms with Crippen LogP contribution in [0, 0.1) is 0 Å². The van der Waals surface area contributed by atoms with Gasteiger partial charge >= 0.3 is 5.97 Å². The first-order valence-electron chi connectivity index (χ1n) is 6.20. The molecule has 1 atom stereocenters. The first-order valence-corrected chi connectivity index (χ1v) is 6.20. The Hall–Kier alpha value is -1.10. The zero-order valence-corrected chi connectivity index (χ0v) is 10.4. The van der Waals surface area contributed by atoms with Crippen molar-refractivity contribution < 1.29 is 14.7 Å². The Morgan fingerprint density at radius 1 is 1.53 bits per heavy atom. The number of carbonyl (C=O) groups is 2. The largest absolute Gasteiger partial charge is 0.481 e. The van der Waals surface area contributed by atoms with Crippen LogP contribution in [0.5, 0.6) is 0 Å². The number of hydrogen-bond donors (Lipinski definition) is 2. The summed E-state index contributed by atoms with van der Waals surface area (Å²) in [6.45, 7) is 4.85. The second-order valence-electron chi connectivity index (χ2n) is 5.62. The number of hydrogen-bond acceptors (Lipinski definition) is 3. The molecule has 0 radical (unpaired) electrons. The van der Waals surface area contributed by atoms with E-state index in [4.69, 9.17) is 5.11 Å². The first kappa shape index (κ1) is 12.4. The van der Waals surface area contributed by atoms with Crippen LogP contribution in [0.15, 0.2) is 0 Å². The van der Waals surface area contributed by atoms with Crippen LogP contribution in [-0.4, -0.2) is 46.1 Å². The Morgan fingerprint density at radius 2 is 2.18 bits per heavy atom. The first-order chi connectivity index (χ1) is 7.92. The Labute approximate surface area is 101 Å². The lowest BCUT2D eigenvalue weighted by Gasteiger charge is -2.46. The van der Waals surface area contributed by atoms with Crippen molar-refractivity contribution in [2.75, 3.05) is 6.54 Å². The molecule has 96 valence electrons. The van der Waals surface area contributed by atoms with Crippen molar-refractivity contribution in [3.05, 3.63) is 0 Å². The summed E-state index contributed by atoms with van der Waals surface area (Å²) in [4.78, 5) is 24.8. The van der Waals surface area contributed by atoms with Crippen LogP contribution < -0.4 is 5.32 Å². The highest BCUT2D eigenvalue weighted by Crippen LogP contribution is 2.35. The Balaban J connectivity index is 2.02. The molecular formula is C12H20N2O3.